The Kier molecular flexibility index (Phi) is 4.74. The SMILES string of the molecule is CC(CO)(CO)C(=O)N1CCC(Oc2cccc(F)n2)C1. The van der Waals surface area contributed by atoms with E-state index in [2.05, 4.69) is 4.98 Å². The molecular weight excluding hydrogens is 279 g/mol. The van der Waals surface area contributed by atoms with E-state index in [0.29, 0.717) is 19.5 Å². The van der Waals surface area contributed by atoms with Crippen molar-refractivity contribution < 1.29 is 24.1 Å². The zero-order chi connectivity index (χ0) is 15.5. The van der Waals surface area contributed by atoms with Crippen molar-refractivity contribution in [1.82, 2.24) is 9.88 Å². The Hall–Kier alpha value is -1.73. The summed E-state index contributed by atoms with van der Waals surface area (Å²) < 4.78 is 18.5. The molecule has 2 rings (SSSR count). The molecule has 1 unspecified atom stereocenters. The van der Waals surface area contributed by atoms with Gasteiger partial charge in [-0.3, -0.25) is 4.79 Å². The van der Waals surface area contributed by atoms with Crippen molar-refractivity contribution in [3.05, 3.63) is 24.1 Å². The highest BCUT2D eigenvalue weighted by Crippen LogP contribution is 2.23. The van der Waals surface area contributed by atoms with Crippen LogP contribution in [-0.4, -0.2) is 58.4 Å². The van der Waals surface area contributed by atoms with Gasteiger partial charge in [-0.15, -0.1) is 0 Å². The van der Waals surface area contributed by atoms with Gasteiger partial charge in [-0.1, -0.05) is 6.07 Å². The van der Waals surface area contributed by atoms with Crippen molar-refractivity contribution in [2.24, 2.45) is 5.41 Å². The smallest absolute Gasteiger partial charge is 0.233 e. The molecule has 1 aliphatic rings. The number of pyridine rings is 1. The van der Waals surface area contributed by atoms with Crippen molar-refractivity contribution in [1.29, 1.82) is 0 Å². The first-order chi connectivity index (χ1) is 9.98. The summed E-state index contributed by atoms with van der Waals surface area (Å²) in [6.45, 7) is 1.46. The number of amides is 1. The maximum Gasteiger partial charge on any atom is 0.233 e. The van der Waals surface area contributed by atoms with Gasteiger partial charge in [0.1, 0.15) is 6.10 Å². The van der Waals surface area contributed by atoms with E-state index in [4.69, 9.17) is 4.74 Å². The summed E-state index contributed by atoms with van der Waals surface area (Å²) in [6.07, 6.45) is 0.321. The van der Waals surface area contributed by atoms with Crippen LogP contribution >= 0.6 is 0 Å². The fourth-order valence-electron chi connectivity index (χ4n) is 2.20. The first-order valence-electron chi connectivity index (χ1n) is 6.79. The highest BCUT2D eigenvalue weighted by molar-refractivity contribution is 5.83. The number of aliphatic hydroxyl groups is 2. The molecule has 7 heteroatoms. The van der Waals surface area contributed by atoms with Crippen LogP contribution in [0.5, 0.6) is 5.88 Å². The maximum absolute atomic E-state index is 13.0. The molecule has 1 fully saturated rings. The fraction of sp³-hybridized carbons (Fsp3) is 0.571. The number of carbonyl (C=O) groups is 1. The lowest BCUT2D eigenvalue weighted by Gasteiger charge is -2.29. The molecule has 0 aliphatic carbocycles. The quantitative estimate of drug-likeness (QED) is 0.758. The van der Waals surface area contributed by atoms with E-state index < -0.39 is 24.6 Å². The van der Waals surface area contributed by atoms with Gasteiger partial charge in [0.25, 0.3) is 0 Å². The Morgan fingerprint density at radius 3 is 2.86 bits per heavy atom. The Balaban J connectivity index is 1.96. The van der Waals surface area contributed by atoms with Crippen molar-refractivity contribution in [2.75, 3.05) is 26.3 Å². The highest BCUT2D eigenvalue weighted by atomic mass is 19.1. The Morgan fingerprint density at radius 1 is 1.52 bits per heavy atom. The molecule has 1 aromatic rings. The predicted octanol–water partition coefficient (Wildman–Crippen LogP) is 0.191. The summed E-state index contributed by atoms with van der Waals surface area (Å²) in [7, 11) is 0. The average molecular weight is 298 g/mol. The fourth-order valence-corrected chi connectivity index (χ4v) is 2.20. The van der Waals surface area contributed by atoms with Gasteiger partial charge in [0.05, 0.1) is 25.2 Å². The summed E-state index contributed by atoms with van der Waals surface area (Å²) >= 11 is 0. The van der Waals surface area contributed by atoms with Gasteiger partial charge >= 0.3 is 0 Å². The molecular formula is C14H19FN2O4. The van der Waals surface area contributed by atoms with E-state index in [9.17, 15) is 19.4 Å². The summed E-state index contributed by atoms with van der Waals surface area (Å²) in [5.41, 5.74) is -1.19. The topological polar surface area (TPSA) is 82.9 Å². The zero-order valence-electron chi connectivity index (χ0n) is 11.8. The Labute approximate surface area is 122 Å². The van der Waals surface area contributed by atoms with Crippen molar-refractivity contribution in [3.63, 3.8) is 0 Å². The molecule has 2 N–H and O–H groups in total. The monoisotopic (exact) mass is 298 g/mol. The third-order valence-electron chi connectivity index (χ3n) is 3.62. The zero-order valence-corrected chi connectivity index (χ0v) is 11.8. The lowest BCUT2D eigenvalue weighted by Crippen LogP contribution is -2.46. The number of aliphatic hydroxyl groups excluding tert-OH is 2. The number of likely N-dealkylation sites (tertiary alicyclic amines) is 1. The van der Waals surface area contributed by atoms with E-state index in [1.807, 2.05) is 0 Å². The molecule has 21 heavy (non-hydrogen) atoms. The van der Waals surface area contributed by atoms with Crippen molar-refractivity contribution >= 4 is 5.91 Å². The third kappa shape index (κ3) is 3.48. The number of hydrogen-bond acceptors (Lipinski definition) is 5. The van der Waals surface area contributed by atoms with Gasteiger partial charge in [0.2, 0.25) is 17.7 Å². The molecule has 2 heterocycles. The number of carbonyl (C=O) groups excluding carboxylic acids is 1. The first-order valence-corrected chi connectivity index (χ1v) is 6.79. The third-order valence-corrected chi connectivity index (χ3v) is 3.62. The van der Waals surface area contributed by atoms with E-state index in [0.717, 1.165) is 0 Å². The van der Waals surface area contributed by atoms with Gasteiger partial charge in [-0.05, 0) is 13.0 Å². The second kappa shape index (κ2) is 6.36. The number of rotatable bonds is 5. The van der Waals surface area contributed by atoms with Crippen LogP contribution < -0.4 is 4.74 Å². The lowest BCUT2D eigenvalue weighted by atomic mass is 9.91. The van der Waals surface area contributed by atoms with Gasteiger partial charge in [0, 0.05) is 19.0 Å². The van der Waals surface area contributed by atoms with Crippen LogP contribution in [-0.2, 0) is 4.79 Å². The largest absolute Gasteiger partial charge is 0.472 e. The molecule has 1 aromatic heterocycles. The normalized spacial score (nSPS) is 18.9. The van der Waals surface area contributed by atoms with E-state index in [1.165, 1.54) is 24.0 Å². The summed E-state index contributed by atoms with van der Waals surface area (Å²) in [6, 6.07) is 4.29. The van der Waals surface area contributed by atoms with E-state index in [1.54, 1.807) is 6.07 Å². The van der Waals surface area contributed by atoms with Gasteiger partial charge < -0.3 is 19.8 Å². The molecule has 116 valence electrons. The molecule has 1 amide bonds. The minimum absolute atomic E-state index is 0.182. The van der Waals surface area contributed by atoms with Crippen molar-refractivity contribution in [3.8, 4) is 5.88 Å². The van der Waals surface area contributed by atoms with Crippen LogP contribution in [0.25, 0.3) is 0 Å². The molecule has 0 saturated carbocycles. The van der Waals surface area contributed by atoms with Crippen LogP contribution in [0.1, 0.15) is 13.3 Å². The minimum Gasteiger partial charge on any atom is -0.472 e. The van der Waals surface area contributed by atoms with Crippen LogP contribution in [0.15, 0.2) is 18.2 Å². The number of ether oxygens (including phenoxy) is 1. The van der Waals surface area contributed by atoms with Crippen LogP contribution in [0.4, 0.5) is 4.39 Å². The van der Waals surface area contributed by atoms with Crippen LogP contribution in [0, 0.1) is 11.4 Å². The molecule has 1 aliphatic heterocycles. The van der Waals surface area contributed by atoms with Crippen molar-refractivity contribution in [2.45, 2.75) is 19.4 Å². The van der Waals surface area contributed by atoms with E-state index >= 15 is 0 Å². The molecule has 0 aromatic carbocycles. The average Bonchev–Trinajstić information content (AvgIpc) is 2.94. The summed E-state index contributed by atoms with van der Waals surface area (Å²) in [4.78, 5) is 17.4. The summed E-state index contributed by atoms with van der Waals surface area (Å²) in [5, 5.41) is 18.5. The van der Waals surface area contributed by atoms with Gasteiger partial charge in [0.15, 0.2) is 0 Å². The molecule has 0 bridgehead atoms. The summed E-state index contributed by atoms with van der Waals surface area (Å²) in [5.74, 6) is -0.751. The second-order valence-corrected chi connectivity index (χ2v) is 5.46. The Morgan fingerprint density at radius 2 is 2.24 bits per heavy atom. The highest BCUT2D eigenvalue weighted by Gasteiger charge is 2.39. The second-order valence-electron chi connectivity index (χ2n) is 5.46. The molecule has 0 radical (unpaired) electrons. The van der Waals surface area contributed by atoms with Crippen LogP contribution in [0.3, 0.4) is 0 Å². The number of aromatic nitrogens is 1. The molecule has 1 atom stereocenters. The lowest BCUT2D eigenvalue weighted by molar-refractivity contribution is -0.145. The van der Waals surface area contributed by atoms with E-state index in [-0.39, 0.29) is 17.9 Å². The molecule has 0 spiro atoms. The van der Waals surface area contributed by atoms with Gasteiger partial charge in [-0.2, -0.15) is 9.37 Å². The number of halogens is 1. The van der Waals surface area contributed by atoms with Crippen LogP contribution in [0.2, 0.25) is 0 Å². The van der Waals surface area contributed by atoms with Gasteiger partial charge in [-0.25, -0.2) is 0 Å². The minimum atomic E-state index is -1.19. The molecule has 6 nitrogen and oxygen atoms in total. The predicted molar refractivity (Wildman–Crippen MR) is 72.1 cm³/mol. The maximum atomic E-state index is 13.0. The number of nitrogens with zero attached hydrogens (tertiary/aromatic N) is 2. The Bertz CT molecular complexity index is 508. The standard InChI is InChI=1S/C14H19FN2O4/c1-14(8-18,9-19)13(20)17-6-5-10(7-17)21-12-4-2-3-11(15)16-12/h2-4,10,18-19H,5-9H2,1H3. The number of hydrogen-bond donors (Lipinski definition) is 2. The molecule has 1 saturated heterocycles. The first kappa shape index (κ1) is 15.7.